The molecule has 10 heteroatoms. The van der Waals surface area contributed by atoms with E-state index in [4.69, 9.17) is 14.6 Å². The zero-order chi connectivity index (χ0) is 27.5. The predicted molar refractivity (Wildman–Crippen MR) is 152 cm³/mol. The second-order valence-corrected chi connectivity index (χ2v) is 10.2. The molecule has 3 aliphatic rings. The summed E-state index contributed by atoms with van der Waals surface area (Å²) in [6, 6.07) is 9.86. The first-order chi connectivity index (χ1) is 19.6. The van der Waals surface area contributed by atoms with Gasteiger partial charge in [-0.25, -0.2) is 4.98 Å². The van der Waals surface area contributed by atoms with Gasteiger partial charge in [-0.15, -0.1) is 0 Å². The summed E-state index contributed by atoms with van der Waals surface area (Å²) in [5.41, 5.74) is 5.97. The van der Waals surface area contributed by atoms with Crippen LogP contribution >= 0.6 is 0 Å². The van der Waals surface area contributed by atoms with Gasteiger partial charge in [-0.05, 0) is 44.0 Å². The summed E-state index contributed by atoms with van der Waals surface area (Å²) in [5, 5.41) is 10.2. The van der Waals surface area contributed by atoms with Crippen LogP contribution in [-0.2, 0) is 11.3 Å². The highest BCUT2D eigenvalue weighted by molar-refractivity contribution is 6.05. The third-order valence-corrected chi connectivity index (χ3v) is 7.54. The summed E-state index contributed by atoms with van der Waals surface area (Å²) >= 11 is 0. The second kappa shape index (κ2) is 11.6. The first-order valence-electron chi connectivity index (χ1n) is 14.0. The van der Waals surface area contributed by atoms with Crippen molar-refractivity contribution in [2.75, 3.05) is 39.5 Å². The molecule has 0 aromatic carbocycles. The molecular weight excluding hydrogens is 506 g/mol. The first-order valence-corrected chi connectivity index (χ1v) is 14.0. The Hall–Kier alpha value is -4.02. The number of ether oxygens (including phenoxy) is 2. The van der Waals surface area contributed by atoms with E-state index >= 15 is 0 Å². The van der Waals surface area contributed by atoms with E-state index < -0.39 is 0 Å². The Kier molecular flexibility index (Phi) is 7.61. The number of carbonyl (C=O) groups is 1. The average Bonchev–Trinajstić information content (AvgIpc) is 3.55. The van der Waals surface area contributed by atoms with Crippen LogP contribution in [0.5, 0.6) is 5.75 Å². The van der Waals surface area contributed by atoms with Gasteiger partial charge in [0.15, 0.2) is 0 Å². The molecule has 1 saturated heterocycles. The van der Waals surface area contributed by atoms with Crippen LogP contribution in [0, 0.1) is 6.92 Å². The van der Waals surface area contributed by atoms with Crippen LogP contribution in [0.4, 0.5) is 0 Å². The van der Waals surface area contributed by atoms with Gasteiger partial charge in [-0.3, -0.25) is 24.1 Å². The molecule has 1 atom stereocenters. The van der Waals surface area contributed by atoms with Crippen molar-refractivity contribution in [2.24, 2.45) is 5.10 Å². The van der Waals surface area contributed by atoms with Crippen molar-refractivity contribution in [3.63, 3.8) is 0 Å². The fourth-order valence-corrected chi connectivity index (χ4v) is 5.49. The second-order valence-electron chi connectivity index (χ2n) is 10.2. The monoisotopic (exact) mass is 541 g/mol. The van der Waals surface area contributed by atoms with Gasteiger partial charge in [0.1, 0.15) is 23.7 Å². The van der Waals surface area contributed by atoms with Crippen LogP contribution in [0.25, 0.3) is 5.65 Å². The minimum atomic E-state index is -0.212. The van der Waals surface area contributed by atoms with Gasteiger partial charge in [0.05, 0.1) is 43.4 Å². The number of imidazole rings is 1. The Morgan fingerprint density at radius 1 is 1.23 bits per heavy atom. The van der Waals surface area contributed by atoms with Crippen LogP contribution < -0.4 is 10.1 Å². The van der Waals surface area contributed by atoms with Crippen LogP contribution in [0.15, 0.2) is 71.2 Å². The summed E-state index contributed by atoms with van der Waals surface area (Å²) in [4.78, 5) is 24.9. The van der Waals surface area contributed by atoms with Gasteiger partial charge >= 0.3 is 0 Å². The number of hydrazone groups is 1. The fourth-order valence-electron chi connectivity index (χ4n) is 5.49. The molecule has 3 aromatic heterocycles. The number of morpholine rings is 1. The molecule has 6 rings (SSSR count). The standard InChI is InChI=1S/C30H35N7O3/c1-3-24-29-25(8-5-9-26(29)37(34-24)20-22-7-4-6-21(2)32-22)33-30(38)27-19-31-28-18-23(10-11-36(27)28)40-17-14-35-12-15-39-16-13-35/h4-8,10-11,18-19,26H,3,9,12-17,20H2,1-2H3,(H,33,38). The zero-order valence-electron chi connectivity index (χ0n) is 23.0. The predicted octanol–water partition coefficient (Wildman–Crippen LogP) is 3.34. The molecule has 1 unspecified atom stereocenters. The van der Waals surface area contributed by atoms with Gasteiger partial charge in [0, 0.05) is 48.9 Å². The maximum atomic E-state index is 13.5. The number of allylic oxidation sites excluding steroid dienone is 1. The zero-order valence-corrected chi connectivity index (χ0v) is 23.0. The molecule has 1 aliphatic carbocycles. The lowest BCUT2D eigenvalue weighted by Crippen LogP contribution is -2.38. The van der Waals surface area contributed by atoms with Gasteiger partial charge in [0.25, 0.3) is 5.91 Å². The topological polar surface area (TPSA) is 96.6 Å². The summed E-state index contributed by atoms with van der Waals surface area (Å²) in [6.07, 6.45) is 9.15. The first kappa shape index (κ1) is 26.2. The summed E-state index contributed by atoms with van der Waals surface area (Å²) in [6.45, 7) is 9.57. The maximum Gasteiger partial charge on any atom is 0.274 e. The number of hydrogen-bond acceptors (Lipinski definition) is 8. The highest BCUT2D eigenvalue weighted by atomic mass is 16.5. The molecule has 1 amide bonds. The molecule has 0 spiro atoms. The van der Waals surface area contributed by atoms with Gasteiger partial charge in [-0.1, -0.05) is 19.1 Å². The fraction of sp³-hybridized carbons (Fsp3) is 0.400. The van der Waals surface area contributed by atoms with Gasteiger partial charge in [-0.2, -0.15) is 5.10 Å². The molecule has 0 saturated carbocycles. The van der Waals surface area contributed by atoms with E-state index in [1.807, 2.05) is 49.5 Å². The van der Waals surface area contributed by atoms with Crippen LogP contribution in [0.1, 0.15) is 41.6 Å². The third kappa shape index (κ3) is 5.50. The van der Waals surface area contributed by atoms with Crippen molar-refractivity contribution in [3.05, 3.63) is 83.2 Å². The maximum absolute atomic E-state index is 13.5. The molecule has 2 aliphatic heterocycles. The van der Waals surface area contributed by atoms with E-state index in [1.54, 1.807) is 10.6 Å². The molecule has 1 fully saturated rings. The summed E-state index contributed by atoms with van der Waals surface area (Å²) in [7, 11) is 0. The Bertz CT molecular complexity index is 1490. The molecular formula is C30H35N7O3. The number of fused-ring (bicyclic) bond motifs is 2. The number of pyridine rings is 2. The Morgan fingerprint density at radius 2 is 2.10 bits per heavy atom. The van der Waals surface area contributed by atoms with E-state index in [9.17, 15) is 4.79 Å². The van der Waals surface area contributed by atoms with E-state index in [0.29, 0.717) is 24.5 Å². The van der Waals surface area contributed by atoms with Crippen molar-refractivity contribution in [1.82, 2.24) is 29.6 Å². The van der Waals surface area contributed by atoms with E-state index in [0.717, 1.165) is 79.8 Å². The molecule has 0 radical (unpaired) electrons. The van der Waals surface area contributed by atoms with Gasteiger partial charge < -0.3 is 14.8 Å². The van der Waals surface area contributed by atoms with Crippen molar-refractivity contribution in [1.29, 1.82) is 0 Å². The molecule has 40 heavy (non-hydrogen) atoms. The number of carbonyl (C=O) groups excluding carboxylic acids is 1. The van der Waals surface area contributed by atoms with Crippen LogP contribution in [0.2, 0.25) is 0 Å². The van der Waals surface area contributed by atoms with Gasteiger partial charge in [0.2, 0.25) is 0 Å². The van der Waals surface area contributed by atoms with E-state index in [2.05, 4.69) is 38.2 Å². The highest BCUT2D eigenvalue weighted by Crippen LogP contribution is 2.32. The van der Waals surface area contributed by atoms with E-state index in [1.165, 1.54) is 0 Å². The molecule has 208 valence electrons. The summed E-state index contributed by atoms with van der Waals surface area (Å²) in [5.74, 6) is 0.523. The SMILES string of the molecule is CCC1=NN(Cc2cccc(C)n2)C2CC=CC(NC(=O)c3cnc4cc(OCCN5CCOCC5)ccn34)=C12. The average molecular weight is 542 g/mol. The smallest absolute Gasteiger partial charge is 0.274 e. The molecule has 1 N–H and O–H groups in total. The lowest BCUT2D eigenvalue weighted by atomic mass is 9.92. The number of aryl methyl sites for hydroxylation is 1. The summed E-state index contributed by atoms with van der Waals surface area (Å²) < 4.78 is 13.2. The van der Waals surface area contributed by atoms with Crippen molar-refractivity contribution >= 4 is 17.3 Å². The molecule has 5 heterocycles. The number of aromatic nitrogens is 3. The Morgan fingerprint density at radius 3 is 2.92 bits per heavy atom. The lowest BCUT2D eigenvalue weighted by Gasteiger charge is -2.27. The minimum absolute atomic E-state index is 0.0666. The highest BCUT2D eigenvalue weighted by Gasteiger charge is 2.35. The van der Waals surface area contributed by atoms with Crippen LogP contribution in [-0.4, -0.2) is 81.4 Å². The molecule has 10 nitrogen and oxygen atoms in total. The Balaban J connectivity index is 1.15. The normalized spacial score (nSPS) is 19.2. The van der Waals surface area contributed by atoms with E-state index in [-0.39, 0.29) is 11.9 Å². The van der Waals surface area contributed by atoms with Crippen LogP contribution in [0.3, 0.4) is 0 Å². The van der Waals surface area contributed by atoms with Crippen molar-refractivity contribution in [2.45, 2.75) is 39.3 Å². The number of rotatable bonds is 9. The number of hydrogen-bond donors (Lipinski definition) is 1. The Labute approximate surface area is 234 Å². The largest absolute Gasteiger partial charge is 0.492 e. The molecule has 0 bridgehead atoms. The van der Waals surface area contributed by atoms with Crippen molar-refractivity contribution in [3.8, 4) is 5.75 Å². The number of nitrogens with zero attached hydrogens (tertiary/aromatic N) is 6. The number of amides is 1. The quantitative estimate of drug-likeness (QED) is 0.444. The van der Waals surface area contributed by atoms with Crippen molar-refractivity contribution < 1.29 is 14.3 Å². The minimum Gasteiger partial charge on any atom is -0.492 e. The lowest BCUT2D eigenvalue weighted by molar-refractivity contribution is 0.0322. The molecule has 3 aromatic rings. The number of nitrogens with one attached hydrogen (secondary N) is 1. The third-order valence-electron chi connectivity index (χ3n) is 7.54.